The highest BCUT2D eigenvalue weighted by Gasteiger charge is 2.44. The van der Waals surface area contributed by atoms with Crippen LogP contribution in [-0.2, 0) is 25.7 Å². The molecule has 4 rings (SSSR count). The van der Waals surface area contributed by atoms with Crippen molar-refractivity contribution in [3.8, 4) is 10.4 Å². The molecule has 12 nitrogen and oxygen atoms in total. The average Bonchev–Trinajstić information content (AvgIpc) is 3.68. The molecule has 3 heterocycles. The van der Waals surface area contributed by atoms with Crippen LogP contribution >= 0.6 is 11.3 Å². The second-order valence-corrected chi connectivity index (χ2v) is 16.9. The first-order valence-electron chi connectivity index (χ1n) is 18.2. The number of thiazole rings is 1. The van der Waals surface area contributed by atoms with E-state index in [-0.39, 0.29) is 49.7 Å². The Morgan fingerprint density at radius 3 is 2.33 bits per heavy atom. The SMILES string of the molecule is Cc1ncsc1-c1ccc(CNC(=O)[C@@H]2C[C@@H](O)CN2C(=O)[C@@H](NC(=O)CCN2CCC(CCCNC(=O)OC(C)(C)C)CC2)C(C)(C)C)cc1. The summed E-state index contributed by atoms with van der Waals surface area (Å²) in [6, 6.07) is 6.25. The highest BCUT2D eigenvalue weighted by molar-refractivity contribution is 7.13. The fourth-order valence-electron chi connectivity index (χ4n) is 6.67. The number of nitrogens with one attached hydrogen (secondary N) is 3. The lowest BCUT2D eigenvalue weighted by Gasteiger charge is -2.36. The monoisotopic (exact) mass is 726 g/mol. The minimum absolute atomic E-state index is 0.0360. The van der Waals surface area contributed by atoms with Crippen LogP contribution < -0.4 is 16.0 Å². The second-order valence-electron chi connectivity index (χ2n) is 16.1. The van der Waals surface area contributed by atoms with Gasteiger partial charge in [0.05, 0.1) is 22.2 Å². The van der Waals surface area contributed by atoms with E-state index in [1.54, 1.807) is 11.3 Å². The first-order chi connectivity index (χ1) is 24.0. The van der Waals surface area contributed by atoms with Gasteiger partial charge in [0.25, 0.3) is 0 Å². The zero-order valence-electron chi connectivity index (χ0n) is 31.4. The van der Waals surface area contributed by atoms with Crippen molar-refractivity contribution in [1.29, 1.82) is 0 Å². The standard InChI is InChI=1S/C38H58N6O6S/c1-25-32(51-24-41-25)28-12-10-27(11-13-28)22-40-34(47)30-21-29(45)23-44(30)35(48)33(37(2,3)4)42-31(46)16-20-43-18-14-26(15-19-43)9-8-17-39-36(49)50-38(5,6)7/h10-13,24,26,29-30,33,45H,8-9,14-23H2,1-7H3,(H,39,49)(H,40,47)(H,42,46)/t29-,30+,33-/m1/s1. The number of carbonyl (C=O) groups is 4. The number of rotatable bonds is 13. The van der Waals surface area contributed by atoms with E-state index in [1.807, 2.05) is 78.2 Å². The molecule has 2 saturated heterocycles. The highest BCUT2D eigenvalue weighted by atomic mass is 32.1. The van der Waals surface area contributed by atoms with Gasteiger partial charge >= 0.3 is 6.09 Å². The van der Waals surface area contributed by atoms with Crippen LogP contribution in [0.1, 0.15) is 91.3 Å². The van der Waals surface area contributed by atoms with Gasteiger partial charge in [-0.1, -0.05) is 45.0 Å². The quantitative estimate of drug-likeness (QED) is 0.218. The number of aromatic nitrogens is 1. The van der Waals surface area contributed by atoms with Crippen molar-refractivity contribution in [2.75, 3.05) is 32.7 Å². The molecule has 4 N–H and O–H groups in total. The first kappa shape index (κ1) is 40.2. The van der Waals surface area contributed by atoms with Gasteiger partial charge in [0, 0.05) is 39.0 Å². The fraction of sp³-hybridized carbons (Fsp3) is 0.658. The molecule has 51 heavy (non-hydrogen) atoms. The summed E-state index contributed by atoms with van der Waals surface area (Å²) in [4.78, 5) is 61.5. The molecule has 2 aliphatic rings. The number of hydrogen-bond donors (Lipinski definition) is 4. The normalized spacial score (nSPS) is 19.4. The Balaban J connectivity index is 1.22. The van der Waals surface area contributed by atoms with Crippen LogP contribution in [0.4, 0.5) is 4.79 Å². The summed E-state index contributed by atoms with van der Waals surface area (Å²) in [6.45, 7) is 16.5. The summed E-state index contributed by atoms with van der Waals surface area (Å²) in [5, 5.41) is 19.3. The molecule has 0 aliphatic carbocycles. The molecule has 282 valence electrons. The molecule has 0 unspecified atom stereocenters. The van der Waals surface area contributed by atoms with Gasteiger partial charge in [0.15, 0.2) is 0 Å². The molecule has 3 atom stereocenters. The number of aryl methyl sites for hydroxylation is 1. The summed E-state index contributed by atoms with van der Waals surface area (Å²) < 4.78 is 5.29. The zero-order chi connectivity index (χ0) is 37.3. The van der Waals surface area contributed by atoms with Gasteiger partial charge in [0.1, 0.15) is 17.7 Å². The third-order valence-electron chi connectivity index (χ3n) is 9.53. The van der Waals surface area contributed by atoms with Gasteiger partial charge < -0.3 is 35.6 Å². The number of nitrogens with zero attached hydrogens (tertiary/aromatic N) is 3. The number of benzene rings is 1. The van der Waals surface area contributed by atoms with Crippen LogP contribution in [0.2, 0.25) is 0 Å². The third kappa shape index (κ3) is 12.3. The Hall–Kier alpha value is -3.55. The Kier molecular flexibility index (Phi) is 14.0. The average molecular weight is 727 g/mol. The van der Waals surface area contributed by atoms with Gasteiger partial charge in [-0.2, -0.15) is 0 Å². The van der Waals surface area contributed by atoms with Crippen molar-refractivity contribution in [3.05, 3.63) is 41.0 Å². The van der Waals surface area contributed by atoms with Crippen molar-refractivity contribution in [2.24, 2.45) is 11.3 Å². The summed E-state index contributed by atoms with van der Waals surface area (Å²) in [7, 11) is 0. The first-order valence-corrected chi connectivity index (χ1v) is 19.1. The molecule has 2 aromatic rings. The zero-order valence-corrected chi connectivity index (χ0v) is 32.2. The molecule has 1 aromatic heterocycles. The molecule has 0 spiro atoms. The Labute approximate surface area is 307 Å². The number of amides is 4. The summed E-state index contributed by atoms with van der Waals surface area (Å²) in [5.41, 5.74) is 3.67. The predicted molar refractivity (Wildman–Crippen MR) is 199 cm³/mol. The predicted octanol–water partition coefficient (Wildman–Crippen LogP) is 4.63. The van der Waals surface area contributed by atoms with Gasteiger partial charge in [-0.3, -0.25) is 14.4 Å². The lowest BCUT2D eigenvalue weighted by Crippen LogP contribution is -2.58. The second kappa shape index (κ2) is 17.8. The van der Waals surface area contributed by atoms with Crippen molar-refractivity contribution >= 4 is 35.2 Å². The van der Waals surface area contributed by atoms with Crippen LogP contribution in [0.5, 0.6) is 0 Å². The van der Waals surface area contributed by atoms with Crippen molar-refractivity contribution in [2.45, 2.75) is 117 Å². The fourth-order valence-corrected chi connectivity index (χ4v) is 7.48. The lowest BCUT2D eigenvalue weighted by atomic mass is 9.85. The van der Waals surface area contributed by atoms with Crippen LogP contribution in [0.25, 0.3) is 10.4 Å². The molecule has 13 heteroatoms. The number of aliphatic hydroxyl groups is 1. The largest absolute Gasteiger partial charge is 0.444 e. The van der Waals surface area contributed by atoms with Crippen LogP contribution in [0.3, 0.4) is 0 Å². The molecule has 1 aromatic carbocycles. The van der Waals surface area contributed by atoms with E-state index in [0.717, 1.165) is 60.5 Å². The minimum Gasteiger partial charge on any atom is -0.444 e. The Morgan fingerprint density at radius 2 is 1.73 bits per heavy atom. The molecule has 2 fully saturated rings. The molecule has 0 bridgehead atoms. The Morgan fingerprint density at radius 1 is 1.04 bits per heavy atom. The number of aliphatic hydroxyl groups excluding tert-OH is 1. The number of hydrogen-bond acceptors (Lipinski definition) is 9. The maximum Gasteiger partial charge on any atom is 0.407 e. The van der Waals surface area contributed by atoms with E-state index in [2.05, 4.69) is 25.8 Å². The van der Waals surface area contributed by atoms with Crippen LogP contribution in [0, 0.1) is 18.3 Å². The van der Waals surface area contributed by atoms with Gasteiger partial charge in [-0.05, 0) is 88.9 Å². The van der Waals surface area contributed by atoms with Gasteiger partial charge in [0.2, 0.25) is 17.7 Å². The van der Waals surface area contributed by atoms with Crippen molar-refractivity contribution < 1.29 is 29.0 Å². The number of carbonyl (C=O) groups excluding carboxylic acids is 4. The maximum atomic E-state index is 14.0. The highest BCUT2D eigenvalue weighted by Crippen LogP contribution is 2.29. The topological polar surface area (TPSA) is 153 Å². The number of β-amino-alcohol motifs (C(OH)–C–C–N with tert-alkyl or cyclic N) is 1. The van der Waals surface area contributed by atoms with Gasteiger partial charge in [-0.25, -0.2) is 9.78 Å². The lowest BCUT2D eigenvalue weighted by molar-refractivity contribution is -0.144. The van der Waals surface area contributed by atoms with Crippen molar-refractivity contribution in [3.63, 3.8) is 0 Å². The van der Waals surface area contributed by atoms with Crippen molar-refractivity contribution in [1.82, 2.24) is 30.7 Å². The number of piperidine rings is 1. The molecule has 2 aliphatic heterocycles. The van der Waals surface area contributed by atoms with E-state index in [1.165, 1.54) is 4.90 Å². The number of alkyl carbamates (subject to hydrolysis) is 1. The van der Waals surface area contributed by atoms with Crippen LogP contribution in [-0.4, -0.2) is 100 Å². The molecule has 0 radical (unpaired) electrons. The van der Waals surface area contributed by atoms with E-state index in [4.69, 9.17) is 4.74 Å². The Bertz CT molecular complexity index is 1470. The van der Waals surface area contributed by atoms with E-state index in [9.17, 15) is 24.3 Å². The third-order valence-corrected chi connectivity index (χ3v) is 10.5. The van der Waals surface area contributed by atoms with E-state index >= 15 is 0 Å². The van der Waals surface area contributed by atoms with E-state index in [0.29, 0.717) is 19.0 Å². The molecular formula is C38H58N6O6S. The van der Waals surface area contributed by atoms with Gasteiger partial charge in [-0.15, -0.1) is 11.3 Å². The summed E-state index contributed by atoms with van der Waals surface area (Å²) in [5.74, 6) is -0.322. The smallest absolute Gasteiger partial charge is 0.407 e. The maximum absolute atomic E-state index is 14.0. The number of ether oxygens (including phenoxy) is 1. The molecular weight excluding hydrogens is 669 g/mol. The summed E-state index contributed by atoms with van der Waals surface area (Å²) in [6.07, 6.45) is 3.20. The molecule has 4 amide bonds. The number of likely N-dealkylation sites (tertiary alicyclic amines) is 2. The van der Waals surface area contributed by atoms with Crippen LogP contribution in [0.15, 0.2) is 29.8 Å². The van der Waals surface area contributed by atoms with E-state index < -0.39 is 29.2 Å². The summed E-state index contributed by atoms with van der Waals surface area (Å²) >= 11 is 1.58. The minimum atomic E-state index is -0.853. The molecule has 0 saturated carbocycles.